The topological polar surface area (TPSA) is 35.2 Å². The molecule has 0 saturated carbocycles. The number of nitrogens with two attached hydrogens (primary N) is 1. The molecule has 0 spiro atoms. The highest BCUT2D eigenvalue weighted by Gasteiger charge is 2.23. The third-order valence-corrected chi connectivity index (χ3v) is 3.37. The van der Waals surface area contributed by atoms with Gasteiger partial charge in [0.15, 0.2) is 0 Å². The van der Waals surface area contributed by atoms with Gasteiger partial charge in [-0.3, -0.25) is 0 Å². The minimum absolute atomic E-state index is 0.166. The average Bonchev–Trinajstić information content (AvgIpc) is 2.49. The summed E-state index contributed by atoms with van der Waals surface area (Å²) >= 11 is 3.53. The Labute approximate surface area is 86.2 Å². The second-order valence-corrected chi connectivity index (χ2v) is 4.09. The summed E-state index contributed by atoms with van der Waals surface area (Å²) in [7, 11) is 1.67. The predicted octanol–water partition coefficient (Wildman–Crippen LogP) is 2.40. The molecule has 0 fully saturated rings. The summed E-state index contributed by atoms with van der Waals surface area (Å²) in [5.74, 6) is 0.871. The fourth-order valence-corrected chi connectivity index (χ4v) is 2.69. The van der Waals surface area contributed by atoms with E-state index in [0.717, 1.165) is 23.1 Å². The number of benzene rings is 1. The van der Waals surface area contributed by atoms with E-state index in [0.29, 0.717) is 0 Å². The van der Waals surface area contributed by atoms with Crippen LogP contribution in [-0.4, -0.2) is 7.11 Å². The van der Waals surface area contributed by atoms with E-state index in [4.69, 9.17) is 10.5 Å². The quantitative estimate of drug-likeness (QED) is 0.820. The van der Waals surface area contributed by atoms with Crippen molar-refractivity contribution >= 4 is 15.9 Å². The van der Waals surface area contributed by atoms with Gasteiger partial charge in [0.2, 0.25) is 0 Å². The van der Waals surface area contributed by atoms with E-state index in [2.05, 4.69) is 22.0 Å². The summed E-state index contributed by atoms with van der Waals surface area (Å²) < 4.78 is 6.24. The molecule has 2 rings (SSSR count). The summed E-state index contributed by atoms with van der Waals surface area (Å²) in [5, 5.41) is 0. The minimum Gasteiger partial charge on any atom is -0.496 e. The molecule has 1 aromatic carbocycles. The number of methoxy groups -OCH3 is 1. The van der Waals surface area contributed by atoms with Gasteiger partial charge >= 0.3 is 0 Å². The first-order valence-corrected chi connectivity index (χ1v) is 5.14. The number of fused-ring (bicyclic) bond motifs is 1. The standard InChI is InChI=1S/C10H12BrNO/c1-13-8-5-3-6-2-4-7(12)9(6)10(8)11/h3,5,7H,2,4,12H2,1H3/t7-/m0/s1. The van der Waals surface area contributed by atoms with Crippen LogP contribution in [0.2, 0.25) is 0 Å². The molecule has 1 aromatic rings. The van der Waals surface area contributed by atoms with Crippen molar-refractivity contribution in [3.05, 3.63) is 27.7 Å². The number of hydrogen-bond acceptors (Lipinski definition) is 2. The van der Waals surface area contributed by atoms with E-state index >= 15 is 0 Å². The SMILES string of the molecule is COc1ccc2c(c1Br)[C@@H](N)CC2. The lowest BCUT2D eigenvalue weighted by Crippen LogP contribution is -2.06. The van der Waals surface area contributed by atoms with Gasteiger partial charge in [-0.1, -0.05) is 6.07 Å². The summed E-state index contributed by atoms with van der Waals surface area (Å²) in [5.41, 5.74) is 8.55. The zero-order chi connectivity index (χ0) is 9.42. The second kappa shape index (κ2) is 3.31. The van der Waals surface area contributed by atoms with Crippen molar-refractivity contribution in [3.8, 4) is 5.75 Å². The number of aryl methyl sites for hydroxylation is 1. The van der Waals surface area contributed by atoms with Crippen molar-refractivity contribution in [1.82, 2.24) is 0 Å². The summed E-state index contributed by atoms with van der Waals surface area (Å²) in [6, 6.07) is 4.26. The fourth-order valence-electron chi connectivity index (χ4n) is 1.84. The summed E-state index contributed by atoms with van der Waals surface area (Å²) in [4.78, 5) is 0. The minimum atomic E-state index is 0.166. The second-order valence-electron chi connectivity index (χ2n) is 3.30. The summed E-state index contributed by atoms with van der Waals surface area (Å²) in [6.07, 6.45) is 2.13. The predicted molar refractivity (Wildman–Crippen MR) is 55.9 cm³/mol. The van der Waals surface area contributed by atoms with Crippen molar-refractivity contribution in [2.24, 2.45) is 5.73 Å². The molecule has 2 nitrogen and oxygen atoms in total. The molecule has 1 atom stereocenters. The van der Waals surface area contributed by atoms with Crippen LogP contribution >= 0.6 is 15.9 Å². The normalized spacial score (nSPS) is 20.1. The molecule has 2 N–H and O–H groups in total. The maximum Gasteiger partial charge on any atom is 0.133 e. The molecule has 70 valence electrons. The fraction of sp³-hybridized carbons (Fsp3) is 0.400. The van der Waals surface area contributed by atoms with Crippen LogP contribution < -0.4 is 10.5 Å². The largest absolute Gasteiger partial charge is 0.496 e. The molecule has 0 bridgehead atoms. The number of rotatable bonds is 1. The van der Waals surface area contributed by atoms with Crippen molar-refractivity contribution in [2.75, 3.05) is 7.11 Å². The van der Waals surface area contributed by atoms with Gasteiger partial charge in [-0.05, 0) is 46.0 Å². The third kappa shape index (κ3) is 1.36. The highest BCUT2D eigenvalue weighted by atomic mass is 79.9. The zero-order valence-corrected chi connectivity index (χ0v) is 9.10. The molecule has 0 saturated heterocycles. The number of ether oxygens (including phenoxy) is 1. The first-order valence-electron chi connectivity index (χ1n) is 4.35. The highest BCUT2D eigenvalue weighted by molar-refractivity contribution is 9.10. The molecule has 0 amide bonds. The molecular weight excluding hydrogens is 230 g/mol. The Hall–Kier alpha value is -0.540. The Morgan fingerprint density at radius 1 is 1.54 bits per heavy atom. The van der Waals surface area contributed by atoms with E-state index in [1.807, 2.05) is 6.07 Å². The van der Waals surface area contributed by atoms with Crippen LogP contribution in [0.3, 0.4) is 0 Å². The Bertz CT molecular complexity index is 338. The molecule has 0 unspecified atom stereocenters. The molecule has 13 heavy (non-hydrogen) atoms. The van der Waals surface area contributed by atoms with Gasteiger partial charge in [0.25, 0.3) is 0 Å². The van der Waals surface area contributed by atoms with Gasteiger partial charge in [0.05, 0.1) is 11.6 Å². The molecule has 0 heterocycles. The van der Waals surface area contributed by atoms with E-state index in [-0.39, 0.29) is 6.04 Å². The van der Waals surface area contributed by atoms with Crippen molar-refractivity contribution < 1.29 is 4.74 Å². The Balaban J connectivity index is 2.56. The van der Waals surface area contributed by atoms with Gasteiger partial charge in [-0.25, -0.2) is 0 Å². The first kappa shape index (κ1) is 9.03. The third-order valence-electron chi connectivity index (χ3n) is 2.55. The van der Waals surface area contributed by atoms with E-state index in [1.54, 1.807) is 7.11 Å². The zero-order valence-electron chi connectivity index (χ0n) is 7.51. The lowest BCUT2D eigenvalue weighted by Gasteiger charge is -2.11. The Kier molecular flexibility index (Phi) is 2.30. The van der Waals surface area contributed by atoms with Crippen molar-refractivity contribution in [1.29, 1.82) is 0 Å². The van der Waals surface area contributed by atoms with Crippen molar-refractivity contribution in [2.45, 2.75) is 18.9 Å². The van der Waals surface area contributed by atoms with E-state index in [9.17, 15) is 0 Å². The molecular formula is C10H12BrNO. The van der Waals surface area contributed by atoms with Crippen LogP contribution in [0.4, 0.5) is 0 Å². The van der Waals surface area contributed by atoms with Crippen molar-refractivity contribution in [3.63, 3.8) is 0 Å². The monoisotopic (exact) mass is 241 g/mol. The maximum atomic E-state index is 5.99. The molecule has 3 heteroatoms. The Morgan fingerprint density at radius 2 is 2.31 bits per heavy atom. The molecule has 0 aliphatic heterocycles. The van der Waals surface area contributed by atoms with Crippen LogP contribution in [0.1, 0.15) is 23.6 Å². The Morgan fingerprint density at radius 3 is 3.00 bits per heavy atom. The maximum absolute atomic E-state index is 5.99. The van der Waals surface area contributed by atoms with E-state index in [1.165, 1.54) is 11.1 Å². The summed E-state index contributed by atoms with van der Waals surface area (Å²) in [6.45, 7) is 0. The first-order chi connectivity index (χ1) is 6.24. The molecule has 0 aromatic heterocycles. The lowest BCUT2D eigenvalue weighted by molar-refractivity contribution is 0.411. The molecule has 1 aliphatic carbocycles. The molecule has 1 aliphatic rings. The van der Waals surface area contributed by atoms with Gasteiger partial charge in [0.1, 0.15) is 5.75 Å². The van der Waals surface area contributed by atoms with Crippen LogP contribution in [0.25, 0.3) is 0 Å². The molecule has 0 radical (unpaired) electrons. The number of hydrogen-bond donors (Lipinski definition) is 1. The average molecular weight is 242 g/mol. The van der Waals surface area contributed by atoms with Gasteiger partial charge in [-0.2, -0.15) is 0 Å². The van der Waals surface area contributed by atoms with E-state index < -0.39 is 0 Å². The van der Waals surface area contributed by atoms with Crippen LogP contribution in [0.15, 0.2) is 16.6 Å². The highest BCUT2D eigenvalue weighted by Crippen LogP contribution is 2.39. The van der Waals surface area contributed by atoms with Gasteiger partial charge < -0.3 is 10.5 Å². The van der Waals surface area contributed by atoms with Crippen LogP contribution in [0.5, 0.6) is 5.75 Å². The van der Waals surface area contributed by atoms with Gasteiger partial charge in [-0.15, -0.1) is 0 Å². The van der Waals surface area contributed by atoms with Gasteiger partial charge in [0, 0.05) is 6.04 Å². The lowest BCUT2D eigenvalue weighted by atomic mass is 10.1. The van der Waals surface area contributed by atoms with Crippen LogP contribution in [-0.2, 0) is 6.42 Å². The smallest absolute Gasteiger partial charge is 0.133 e. The van der Waals surface area contributed by atoms with Crippen LogP contribution in [0, 0.1) is 0 Å². The number of halogens is 1.